The molecule has 0 atom stereocenters. The highest BCUT2D eigenvalue weighted by atomic mass is 32.2. The van der Waals surface area contributed by atoms with Gasteiger partial charge in [0.25, 0.3) is 11.8 Å². The maximum atomic E-state index is 13.7. The van der Waals surface area contributed by atoms with Crippen molar-refractivity contribution in [3.8, 4) is 17.2 Å². The third-order valence-electron chi connectivity index (χ3n) is 6.77. The Labute approximate surface area is 234 Å². The van der Waals surface area contributed by atoms with Crippen LogP contribution in [0.4, 0.5) is 0 Å². The smallest absolute Gasteiger partial charge is 0.307 e. The molecule has 2 aromatic carbocycles. The fourth-order valence-corrected chi connectivity index (χ4v) is 5.64. The van der Waals surface area contributed by atoms with Crippen LogP contribution in [0.25, 0.3) is 17.0 Å². The number of benzene rings is 2. The largest absolute Gasteiger partial charge is 0.493 e. The number of ether oxygens (including phenoxy) is 3. The molecule has 4 rings (SSSR count). The second-order valence-electron chi connectivity index (χ2n) is 9.47. The zero-order valence-electron chi connectivity index (χ0n) is 23.3. The minimum atomic E-state index is -3.85. The number of carbonyl (C=O) groups excluding carboxylic acids is 2. The number of carbonyl (C=O) groups is 2. The normalized spacial score (nSPS) is 14.3. The summed E-state index contributed by atoms with van der Waals surface area (Å²) in [7, 11) is 3.40. The first-order valence-electron chi connectivity index (χ1n) is 12.8. The van der Waals surface area contributed by atoms with E-state index in [9.17, 15) is 18.0 Å². The summed E-state index contributed by atoms with van der Waals surface area (Å²) in [5.74, 6) is -0.0152. The predicted molar refractivity (Wildman–Crippen MR) is 152 cm³/mol. The molecular weight excluding hydrogens is 536 g/mol. The monoisotopic (exact) mass is 570 g/mol. The van der Waals surface area contributed by atoms with E-state index in [0.717, 1.165) is 27.5 Å². The van der Waals surface area contributed by atoms with Gasteiger partial charge in [-0.15, -0.1) is 0 Å². The molecule has 1 aliphatic rings. The molecule has 1 aromatic heterocycles. The molecule has 1 N–H and O–H groups in total. The van der Waals surface area contributed by atoms with Crippen LogP contribution in [0.3, 0.4) is 0 Å². The second kappa shape index (κ2) is 12.0. The Balaban J connectivity index is 1.82. The number of aromatic nitrogens is 1. The molecule has 0 aliphatic carbocycles. The number of hydrogen-bond acceptors (Lipinski definition) is 7. The molecule has 1 aliphatic heterocycles. The lowest BCUT2D eigenvalue weighted by Gasteiger charge is -2.27. The van der Waals surface area contributed by atoms with Gasteiger partial charge >= 0.3 is 10.2 Å². The van der Waals surface area contributed by atoms with Crippen LogP contribution in [0.15, 0.2) is 48.3 Å². The van der Waals surface area contributed by atoms with Crippen LogP contribution in [-0.4, -0.2) is 81.9 Å². The van der Waals surface area contributed by atoms with Crippen LogP contribution in [0, 0.1) is 0 Å². The first kappa shape index (κ1) is 29.0. The van der Waals surface area contributed by atoms with Gasteiger partial charge in [-0.3, -0.25) is 9.59 Å². The molecule has 12 heteroatoms. The molecule has 2 amide bonds. The summed E-state index contributed by atoms with van der Waals surface area (Å²) in [6.07, 6.45) is 5.73. The van der Waals surface area contributed by atoms with Gasteiger partial charge in [0.05, 0.1) is 26.8 Å². The van der Waals surface area contributed by atoms with Crippen LogP contribution in [0.1, 0.15) is 35.2 Å². The molecular formula is C28H34N4O7S. The van der Waals surface area contributed by atoms with E-state index in [1.165, 1.54) is 59.8 Å². The molecule has 11 nitrogen and oxygen atoms in total. The van der Waals surface area contributed by atoms with E-state index in [0.29, 0.717) is 35.3 Å². The zero-order chi connectivity index (χ0) is 29.0. The van der Waals surface area contributed by atoms with Gasteiger partial charge in [0, 0.05) is 49.9 Å². The number of nitrogens with zero attached hydrogens (tertiary/aromatic N) is 3. The Morgan fingerprint density at radius 2 is 1.57 bits per heavy atom. The van der Waals surface area contributed by atoms with Gasteiger partial charge < -0.3 is 24.4 Å². The number of piperidine rings is 1. The van der Waals surface area contributed by atoms with Crippen LogP contribution < -0.4 is 19.5 Å². The highest BCUT2D eigenvalue weighted by molar-refractivity contribution is 7.87. The molecule has 0 unspecified atom stereocenters. The third kappa shape index (κ3) is 5.63. The van der Waals surface area contributed by atoms with E-state index in [-0.39, 0.29) is 28.7 Å². The molecule has 0 saturated carbocycles. The average molecular weight is 571 g/mol. The van der Waals surface area contributed by atoms with Gasteiger partial charge in [0.1, 0.15) is 5.70 Å². The van der Waals surface area contributed by atoms with Crippen molar-refractivity contribution >= 4 is 39.0 Å². The maximum Gasteiger partial charge on any atom is 0.307 e. The fraction of sp³-hybridized carbons (Fsp3) is 0.357. The van der Waals surface area contributed by atoms with E-state index in [4.69, 9.17) is 14.2 Å². The molecule has 40 heavy (non-hydrogen) atoms. The van der Waals surface area contributed by atoms with Crippen molar-refractivity contribution < 1.29 is 32.2 Å². The van der Waals surface area contributed by atoms with Gasteiger partial charge in [-0.05, 0) is 43.5 Å². The van der Waals surface area contributed by atoms with Crippen molar-refractivity contribution in [3.63, 3.8) is 0 Å². The molecule has 1 saturated heterocycles. The standard InChI is InChI=1S/C28H34N4O7S/c1-30(2)40(35,36)32-18-20(21-11-7-8-12-23(21)32)15-22(28(34)31-13-9-6-10-14-31)29-27(33)19-16-24(37-3)26(39-5)25(17-19)38-4/h7-8,11-12,15-18H,6,9-10,13-14H2,1-5H3,(H,29,33)/b22-15-. The van der Waals surface area contributed by atoms with Gasteiger partial charge in [-0.25, -0.2) is 3.97 Å². The third-order valence-corrected chi connectivity index (χ3v) is 8.49. The summed E-state index contributed by atoms with van der Waals surface area (Å²) < 4.78 is 44.5. The van der Waals surface area contributed by atoms with Crippen molar-refractivity contribution in [3.05, 3.63) is 59.4 Å². The van der Waals surface area contributed by atoms with E-state index in [1.807, 2.05) is 0 Å². The topological polar surface area (TPSA) is 119 Å². The Hall–Kier alpha value is -4.03. The molecule has 0 spiro atoms. The minimum Gasteiger partial charge on any atom is -0.493 e. The minimum absolute atomic E-state index is 0.0193. The molecule has 0 bridgehead atoms. The first-order valence-corrected chi connectivity index (χ1v) is 14.2. The molecule has 214 valence electrons. The first-order chi connectivity index (χ1) is 19.1. The Morgan fingerprint density at radius 1 is 0.950 bits per heavy atom. The Morgan fingerprint density at radius 3 is 2.15 bits per heavy atom. The van der Waals surface area contributed by atoms with Crippen molar-refractivity contribution in [2.75, 3.05) is 48.5 Å². The lowest BCUT2D eigenvalue weighted by atomic mass is 10.1. The Bertz CT molecular complexity index is 1530. The molecule has 1 fully saturated rings. The summed E-state index contributed by atoms with van der Waals surface area (Å²) in [5.41, 5.74) is 1.12. The van der Waals surface area contributed by atoms with Gasteiger partial charge in [-0.2, -0.15) is 12.7 Å². The van der Waals surface area contributed by atoms with Crippen molar-refractivity contribution in [2.24, 2.45) is 0 Å². The number of likely N-dealkylation sites (tertiary alicyclic amines) is 1. The number of nitrogens with one attached hydrogen (secondary N) is 1. The van der Waals surface area contributed by atoms with Crippen LogP contribution in [-0.2, 0) is 15.0 Å². The average Bonchev–Trinajstić information content (AvgIpc) is 3.34. The van der Waals surface area contributed by atoms with Gasteiger partial charge in [0.2, 0.25) is 5.75 Å². The highest BCUT2D eigenvalue weighted by Gasteiger charge is 2.26. The van der Waals surface area contributed by atoms with Gasteiger partial charge in [-0.1, -0.05) is 18.2 Å². The number of rotatable bonds is 9. The molecule has 3 aromatic rings. The highest BCUT2D eigenvalue weighted by Crippen LogP contribution is 2.38. The van der Waals surface area contributed by atoms with E-state index >= 15 is 0 Å². The summed E-state index contributed by atoms with van der Waals surface area (Å²) in [6, 6.07) is 9.97. The summed E-state index contributed by atoms with van der Waals surface area (Å²) in [5, 5.41) is 3.37. The summed E-state index contributed by atoms with van der Waals surface area (Å²) in [4.78, 5) is 28.9. The number of hydrogen-bond donors (Lipinski definition) is 1. The number of methoxy groups -OCH3 is 3. The van der Waals surface area contributed by atoms with Crippen molar-refractivity contribution in [1.82, 2.24) is 18.5 Å². The van der Waals surface area contributed by atoms with Crippen molar-refractivity contribution in [2.45, 2.75) is 19.3 Å². The second-order valence-corrected chi connectivity index (χ2v) is 11.5. The molecule has 2 heterocycles. The van der Waals surface area contributed by atoms with E-state index < -0.39 is 16.1 Å². The lowest BCUT2D eigenvalue weighted by Crippen LogP contribution is -2.41. The molecule has 0 radical (unpaired) electrons. The quantitative estimate of drug-likeness (QED) is 0.393. The fourth-order valence-electron chi connectivity index (χ4n) is 4.64. The van der Waals surface area contributed by atoms with E-state index in [1.54, 1.807) is 29.2 Å². The number of para-hydroxylation sites is 1. The number of amides is 2. The van der Waals surface area contributed by atoms with Crippen molar-refractivity contribution in [1.29, 1.82) is 0 Å². The van der Waals surface area contributed by atoms with Crippen LogP contribution in [0.2, 0.25) is 0 Å². The van der Waals surface area contributed by atoms with Crippen LogP contribution in [0.5, 0.6) is 17.2 Å². The summed E-state index contributed by atoms with van der Waals surface area (Å²) in [6.45, 7) is 1.12. The number of fused-ring (bicyclic) bond motifs is 1. The Kier molecular flexibility index (Phi) is 8.70. The maximum absolute atomic E-state index is 13.7. The van der Waals surface area contributed by atoms with Crippen LogP contribution >= 0.6 is 0 Å². The summed E-state index contributed by atoms with van der Waals surface area (Å²) >= 11 is 0. The zero-order valence-corrected chi connectivity index (χ0v) is 24.1. The van der Waals surface area contributed by atoms with Gasteiger partial charge in [0.15, 0.2) is 11.5 Å². The SMILES string of the molecule is COc1cc(C(=O)N/C(=C\c2cn(S(=O)(=O)N(C)C)c3ccccc23)C(=O)N2CCCCC2)cc(OC)c1OC. The van der Waals surface area contributed by atoms with E-state index in [2.05, 4.69) is 5.32 Å². The predicted octanol–water partition coefficient (Wildman–Crippen LogP) is 3.11. The lowest BCUT2D eigenvalue weighted by molar-refractivity contribution is -0.128.